The molecule has 52 heavy (non-hydrogen) atoms. The van der Waals surface area contributed by atoms with E-state index in [1.165, 1.54) is 83.5 Å². The summed E-state index contributed by atoms with van der Waals surface area (Å²) in [5.74, 6) is -0.175. The molecule has 0 saturated carbocycles. The summed E-state index contributed by atoms with van der Waals surface area (Å²) >= 11 is 0. The van der Waals surface area contributed by atoms with E-state index in [0.717, 1.165) is 64.2 Å². The van der Waals surface area contributed by atoms with Crippen LogP contribution in [-0.4, -0.2) is 87.5 Å². The molecule has 0 radical (unpaired) electrons. The van der Waals surface area contributed by atoms with Crippen molar-refractivity contribution in [1.82, 2.24) is 5.32 Å². The highest BCUT2D eigenvalue weighted by Crippen LogP contribution is 2.23. The summed E-state index contributed by atoms with van der Waals surface area (Å²) < 4.78 is 11.2. The lowest BCUT2D eigenvalue weighted by Crippen LogP contribution is -2.60. The summed E-state index contributed by atoms with van der Waals surface area (Å²) in [5.41, 5.74) is 0. The van der Waals surface area contributed by atoms with Crippen LogP contribution in [0.4, 0.5) is 0 Å². The number of allylic oxidation sites excluding steroid dienone is 6. The van der Waals surface area contributed by atoms with Crippen molar-refractivity contribution in [3.8, 4) is 0 Å². The third-order valence-corrected chi connectivity index (χ3v) is 10.0. The van der Waals surface area contributed by atoms with Crippen LogP contribution >= 0.6 is 0 Å². The second kappa shape index (κ2) is 33.9. The normalized spacial score (nSPS) is 22.2. The molecule has 1 saturated heterocycles. The topological polar surface area (TPSA) is 149 Å². The largest absolute Gasteiger partial charge is 0.394 e. The van der Waals surface area contributed by atoms with Gasteiger partial charge in [0, 0.05) is 6.42 Å². The summed E-state index contributed by atoms with van der Waals surface area (Å²) in [6, 6.07) is -0.732. The molecule has 0 aliphatic carbocycles. The van der Waals surface area contributed by atoms with E-state index in [2.05, 4.69) is 55.6 Å². The lowest BCUT2D eigenvalue weighted by atomic mass is 9.99. The van der Waals surface area contributed by atoms with Crippen molar-refractivity contribution in [3.63, 3.8) is 0 Å². The smallest absolute Gasteiger partial charge is 0.220 e. The Balaban J connectivity index is 2.39. The highest BCUT2D eigenvalue weighted by atomic mass is 16.7. The van der Waals surface area contributed by atoms with Crippen molar-refractivity contribution < 1.29 is 39.8 Å². The molecular weight excluding hydrogens is 658 g/mol. The molecule has 7 atom stereocenters. The Bertz CT molecular complexity index is 910. The standard InChI is InChI=1S/C43H79NO8/c1-3-5-7-9-11-13-15-17-18-19-21-22-24-26-28-30-32-37(46)36(35-51-43-42(50)41(49)40(48)38(34-45)52-43)44-39(47)33-31-29-27-25-23-20-16-14-12-10-8-6-4-2/h6,8,12,14,20,23,36-38,40-43,45-46,48-50H,3-5,7,9-11,13,15-19,21-22,24-35H2,1-2H3,(H,44,47)/b8-6-,14-12-,23-20-. The van der Waals surface area contributed by atoms with Crippen LogP contribution in [0.15, 0.2) is 36.5 Å². The van der Waals surface area contributed by atoms with Crippen molar-refractivity contribution in [2.24, 2.45) is 0 Å². The predicted molar refractivity (Wildman–Crippen MR) is 212 cm³/mol. The van der Waals surface area contributed by atoms with E-state index < -0.39 is 49.5 Å². The van der Waals surface area contributed by atoms with Gasteiger partial charge in [-0.3, -0.25) is 4.79 Å². The summed E-state index contributed by atoms with van der Waals surface area (Å²) in [6.07, 6.45) is 32.9. The summed E-state index contributed by atoms with van der Waals surface area (Å²) in [6.45, 7) is 3.68. The molecular formula is C43H79NO8. The summed E-state index contributed by atoms with van der Waals surface area (Å²) in [5, 5.41) is 54.2. The number of carbonyl (C=O) groups is 1. The highest BCUT2D eigenvalue weighted by molar-refractivity contribution is 5.76. The number of rotatable bonds is 34. The zero-order valence-corrected chi connectivity index (χ0v) is 33.1. The van der Waals surface area contributed by atoms with Crippen LogP contribution in [0.1, 0.15) is 174 Å². The van der Waals surface area contributed by atoms with Gasteiger partial charge in [0.15, 0.2) is 6.29 Å². The molecule has 1 amide bonds. The van der Waals surface area contributed by atoms with E-state index >= 15 is 0 Å². The van der Waals surface area contributed by atoms with Gasteiger partial charge in [-0.05, 0) is 44.9 Å². The molecule has 1 fully saturated rings. The minimum absolute atomic E-state index is 0.150. The van der Waals surface area contributed by atoms with E-state index in [-0.39, 0.29) is 12.5 Å². The number of aliphatic hydroxyl groups excluding tert-OH is 5. The molecule has 6 N–H and O–H groups in total. The molecule has 9 heteroatoms. The van der Waals surface area contributed by atoms with Gasteiger partial charge in [0.2, 0.25) is 5.91 Å². The maximum Gasteiger partial charge on any atom is 0.220 e. The first-order valence-electron chi connectivity index (χ1n) is 21.2. The van der Waals surface area contributed by atoms with Crippen LogP contribution in [-0.2, 0) is 14.3 Å². The van der Waals surface area contributed by atoms with Crippen molar-refractivity contribution >= 4 is 5.91 Å². The Labute approximate surface area is 317 Å². The lowest BCUT2D eigenvalue weighted by molar-refractivity contribution is -0.302. The third kappa shape index (κ3) is 24.7. The molecule has 0 aromatic rings. The monoisotopic (exact) mass is 738 g/mol. The van der Waals surface area contributed by atoms with Gasteiger partial charge >= 0.3 is 0 Å². The van der Waals surface area contributed by atoms with Crippen LogP contribution in [0, 0.1) is 0 Å². The zero-order chi connectivity index (χ0) is 38.1. The molecule has 0 spiro atoms. The number of ether oxygens (including phenoxy) is 2. The number of carbonyl (C=O) groups excluding carboxylic acids is 1. The molecule has 1 rings (SSSR count). The second-order valence-corrected chi connectivity index (χ2v) is 14.8. The molecule has 0 aromatic heterocycles. The number of hydrogen-bond donors (Lipinski definition) is 6. The molecule has 304 valence electrons. The Kier molecular flexibility index (Phi) is 31.6. The van der Waals surface area contributed by atoms with E-state index in [1.54, 1.807) is 0 Å². The Morgan fingerprint density at radius 1 is 0.673 bits per heavy atom. The molecule has 0 aromatic carbocycles. The van der Waals surface area contributed by atoms with Gasteiger partial charge < -0.3 is 40.3 Å². The number of unbranched alkanes of at least 4 members (excludes halogenated alkanes) is 18. The SMILES string of the molecule is CC/C=C\C/C=C\C/C=C\CCCCCC(=O)NC(COC1OC(CO)C(O)C(O)C1O)C(O)CCCCCCCCCCCCCCCCCC. The Hall–Kier alpha value is -1.59. The first-order chi connectivity index (χ1) is 25.3. The fourth-order valence-electron chi connectivity index (χ4n) is 6.59. The van der Waals surface area contributed by atoms with E-state index in [9.17, 15) is 30.3 Å². The van der Waals surface area contributed by atoms with E-state index in [0.29, 0.717) is 12.8 Å². The van der Waals surface area contributed by atoms with E-state index in [1.807, 2.05) is 0 Å². The summed E-state index contributed by atoms with van der Waals surface area (Å²) in [4.78, 5) is 12.9. The van der Waals surface area contributed by atoms with Crippen LogP contribution in [0.5, 0.6) is 0 Å². The zero-order valence-electron chi connectivity index (χ0n) is 33.1. The van der Waals surface area contributed by atoms with Crippen LogP contribution < -0.4 is 5.32 Å². The molecule has 1 aliphatic heterocycles. The highest BCUT2D eigenvalue weighted by Gasteiger charge is 2.44. The first kappa shape index (κ1) is 48.4. The minimum atomic E-state index is -1.56. The third-order valence-electron chi connectivity index (χ3n) is 10.0. The van der Waals surface area contributed by atoms with Gasteiger partial charge in [-0.1, -0.05) is 159 Å². The molecule has 9 nitrogen and oxygen atoms in total. The molecule has 7 unspecified atom stereocenters. The quantitative estimate of drug-likeness (QED) is 0.0287. The number of nitrogens with one attached hydrogen (secondary N) is 1. The fraction of sp³-hybridized carbons (Fsp3) is 0.837. The molecule has 1 heterocycles. The maximum absolute atomic E-state index is 12.9. The number of hydrogen-bond acceptors (Lipinski definition) is 8. The van der Waals surface area contributed by atoms with Gasteiger partial charge in [0.25, 0.3) is 0 Å². The second-order valence-electron chi connectivity index (χ2n) is 14.8. The predicted octanol–water partition coefficient (Wildman–Crippen LogP) is 8.11. The molecule has 1 aliphatic rings. The number of aliphatic hydroxyl groups is 5. The Morgan fingerprint density at radius 2 is 1.19 bits per heavy atom. The van der Waals surface area contributed by atoms with Gasteiger partial charge in [-0.2, -0.15) is 0 Å². The van der Waals surface area contributed by atoms with Crippen molar-refractivity contribution in [3.05, 3.63) is 36.5 Å². The van der Waals surface area contributed by atoms with Gasteiger partial charge in [0.05, 0.1) is 25.4 Å². The maximum atomic E-state index is 12.9. The van der Waals surface area contributed by atoms with Crippen molar-refractivity contribution in [1.29, 1.82) is 0 Å². The van der Waals surface area contributed by atoms with Gasteiger partial charge in [0.1, 0.15) is 24.4 Å². The van der Waals surface area contributed by atoms with Gasteiger partial charge in [-0.15, -0.1) is 0 Å². The average molecular weight is 738 g/mol. The van der Waals surface area contributed by atoms with Crippen LogP contribution in [0.3, 0.4) is 0 Å². The van der Waals surface area contributed by atoms with Crippen LogP contribution in [0.2, 0.25) is 0 Å². The van der Waals surface area contributed by atoms with Crippen LogP contribution in [0.25, 0.3) is 0 Å². The average Bonchev–Trinajstić information content (AvgIpc) is 3.14. The lowest BCUT2D eigenvalue weighted by Gasteiger charge is -2.40. The fourth-order valence-corrected chi connectivity index (χ4v) is 6.59. The first-order valence-corrected chi connectivity index (χ1v) is 21.2. The van der Waals surface area contributed by atoms with Gasteiger partial charge in [-0.25, -0.2) is 0 Å². The van der Waals surface area contributed by atoms with Crippen molar-refractivity contribution in [2.45, 2.75) is 217 Å². The van der Waals surface area contributed by atoms with Crippen molar-refractivity contribution in [2.75, 3.05) is 13.2 Å². The number of amides is 1. The molecule has 0 bridgehead atoms. The Morgan fingerprint density at radius 3 is 1.75 bits per heavy atom. The van der Waals surface area contributed by atoms with E-state index in [4.69, 9.17) is 9.47 Å². The minimum Gasteiger partial charge on any atom is -0.394 e. The summed E-state index contributed by atoms with van der Waals surface area (Å²) in [7, 11) is 0.